The number of carbonyl (C=O) groups is 1. The number of aromatic nitrogens is 2. The van der Waals surface area contributed by atoms with Crippen LogP contribution in [0.15, 0.2) is 52.1 Å². The van der Waals surface area contributed by atoms with Crippen LogP contribution in [0.4, 0.5) is 0 Å². The highest BCUT2D eigenvalue weighted by Gasteiger charge is 2.20. The molecule has 0 saturated heterocycles. The minimum atomic E-state index is -0.319. The van der Waals surface area contributed by atoms with Crippen molar-refractivity contribution < 1.29 is 9.21 Å². The molecule has 0 saturated carbocycles. The fourth-order valence-corrected chi connectivity index (χ4v) is 3.19. The van der Waals surface area contributed by atoms with Crippen molar-refractivity contribution in [1.82, 2.24) is 10.2 Å². The zero-order valence-corrected chi connectivity index (χ0v) is 15.7. The zero-order valence-electron chi connectivity index (χ0n) is 14.1. The minimum Gasteiger partial charge on any atom is -0.411 e. The van der Waals surface area contributed by atoms with Crippen molar-refractivity contribution >= 4 is 29.1 Å². The van der Waals surface area contributed by atoms with Gasteiger partial charge in [0, 0.05) is 16.1 Å². The number of rotatable bonds is 5. The number of hydrogen-bond donors (Lipinski definition) is 0. The molecule has 0 fully saturated rings. The van der Waals surface area contributed by atoms with E-state index in [2.05, 4.69) is 10.2 Å². The lowest BCUT2D eigenvalue weighted by Crippen LogP contribution is -2.13. The lowest BCUT2D eigenvalue weighted by molar-refractivity contribution is 0.0993. The number of Topliss-reactive ketones (excluding diaryl/α,β-unsaturated/α-hetero) is 1. The Kier molecular flexibility index (Phi) is 5.25. The molecule has 0 amide bonds. The number of aryl methyl sites for hydroxylation is 2. The first-order chi connectivity index (χ1) is 11.9. The van der Waals surface area contributed by atoms with Crippen LogP contribution in [-0.2, 0) is 0 Å². The first-order valence-corrected chi connectivity index (χ1v) is 9.07. The van der Waals surface area contributed by atoms with Gasteiger partial charge in [0.15, 0.2) is 5.78 Å². The maximum Gasteiger partial charge on any atom is 0.277 e. The van der Waals surface area contributed by atoms with Gasteiger partial charge in [-0.2, -0.15) is 0 Å². The minimum absolute atomic E-state index is 0.0411. The average molecular weight is 373 g/mol. The van der Waals surface area contributed by atoms with Gasteiger partial charge in [-0.1, -0.05) is 35.5 Å². The Labute approximate surface area is 155 Å². The standard InChI is InChI=1S/C19H17ClN2O2S/c1-11-4-5-15(10-12(11)2)17(23)13(3)25-19-22-21-18(24-19)14-6-8-16(20)9-7-14/h4-10,13H,1-3H3/t13-/m0/s1. The number of benzene rings is 2. The van der Waals surface area contributed by atoms with E-state index in [1.807, 2.05) is 51.1 Å². The fourth-order valence-electron chi connectivity index (χ4n) is 2.30. The number of nitrogens with zero attached hydrogens (tertiary/aromatic N) is 2. The quantitative estimate of drug-likeness (QED) is 0.445. The molecule has 3 rings (SSSR count). The van der Waals surface area contributed by atoms with Gasteiger partial charge in [-0.05, 0) is 62.2 Å². The van der Waals surface area contributed by atoms with E-state index in [9.17, 15) is 4.79 Å². The second kappa shape index (κ2) is 7.42. The summed E-state index contributed by atoms with van der Waals surface area (Å²) in [5.74, 6) is 0.448. The molecule has 1 aromatic heterocycles. The van der Waals surface area contributed by atoms with Gasteiger partial charge in [0.1, 0.15) is 0 Å². The summed E-state index contributed by atoms with van der Waals surface area (Å²) in [6.07, 6.45) is 0. The number of ketones is 1. The van der Waals surface area contributed by atoms with E-state index in [-0.39, 0.29) is 11.0 Å². The van der Waals surface area contributed by atoms with Crippen LogP contribution in [0.3, 0.4) is 0 Å². The van der Waals surface area contributed by atoms with Crippen LogP contribution < -0.4 is 0 Å². The van der Waals surface area contributed by atoms with Crippen LogP contribution in [0.1, 0.15) is 28.4 Å². The Hall–Kier alpha value is -2.11. The predicted molar refractivity (Wildman–Crippen MR) is 100 cm³/mol. The molecule has 0 N–H and O–H groups in total. The Morgan fingerprint density at radius 2 is 1.80 bits per heavy atom. The van der Waals surface area contributed by atoms with Crippen LogP contribution in [0.2, 0.25) is 5.02 Å². The summed E-state index contributed by atoms with van der Waals surface area (Å²) in [5, 5.41) is 8.75. The van der Waals surface area contributed by atoms with Crippen molar-refractivity contribution in [2.45, 2.75) is 31.2 Å². The molecule has 128 valence electrons. The fraction of sp³-hybridized carbons (Fsp3) is 0.211. The van der Waals surface area contributed by atoms with E-state index in [0.717, 1.165) is 11.1 Å². The van der Waals surface area contributed by atoms with Gasteiger partial charge in [0.2, 0.25) is 5.89 Å². The van der Waals surface area contributed by atoms with Crippen LogP contribution in [0.5, 0.6) is 0 Å². The van der Waals surface area contributed by atoms with Crippen LogP contribution in [0, 0.1) is 13.8 Å². The third-order valence-corrected chi connectivity index (χ3v) is 5.12. The highest BCUT2D eigenvalue weighted by atomic mass is 35.5. The molecule has 1 heterocycles. The summed E-state index contributed by atoms with van der Waals surface area (Å²) in [6.45, 7) is 5.87. The number of thioether (sulfide) groups is 1. The molecule has 0 aliphatic heterocycles. The first kappa shape index (κ1) is 17.7. The highest BCUT2D eigenvalue weighted by Crippen LogP contribution is 2.28. The molecule has 0 aliphatic rings. The molecular weight excluding hydrogens is 356 g/mol. The van der Waals surface area contributed by atoms with Gasteiger partial charge in [0.25, 0.3) is 5.22 Å². The van der Waals surface area contributed by atoms with Crippen molar-refractivity contribution in [3.63, 3.8) is 0 Å². The molecule has 0 radical (unpaired) electrons. The normalized spacial score (nSPS) is 12.2. The summed E-state index contributed by atoms with van der Waals surface area (Å²) >= 11 is 7.14. The SMILES string of the molecule is Cc1ccc(C(=O)[C@H](C)Sc2nnc(-c3ccc(Cl)cc3)o2)cc1C. The molecule has 0 bridgehead atoms. The lowest BCUT2D eigenvalue weighted by atomic mass is 10.0. The first-order valence-electron chi connectivity index (χ1n) is 7.81. The van der Waals surface area contributed by atoms with Crippen molar-refractivity contribution in [3.8, 4) is 11.5 Å². The van der Waals surface area contributed by atoms with E-state index in [1.54, 1.807) is 12.1 Å². The number of halogens is 1. The smallest absolute Gasteiger partial charge is 0.277 e. The van der Waals surface area contributed by atoms with Gasteiger partial charge in [-0.25, -0.2) is 0 Å². The summed E-state index contributed by atoms with van der Waals surface area (Å²) in [4.78, 5) is 12.6. The van der Waals surface area contributed by atoms with E-state index in [0.29, 0.717) is 21.7 Å². The Morgan fingerprint density at radius 1 is 1.08 bits per heavy atom. The maximum absolute atomic E-state index is 12.6. The second-order valence-corrected chi connectivity index (χ2v) is 7.53. The van der Waals surface area contributed by atoms with Gasteiger partial charge in [-0.15, -0.1) is 10.2 Å². The largest absolute Gasteiger partial charge is 0.411 e. The van der Waals surface area contributed by atoms with Crippen molar-refractivity contribution in [3.05, 3.63) is 64.2 Å². The Morgan fingerprint density at radius 3 is 2.48 bits per heavy atom. The molecule has 25 heavy (non-hydrogen) atoms. The summed E-state index contributed by atoms with van der Waals surface area (Å²) in [5.41, 5.74) is 3.75. The van der Waals surface area contributed by atoms with E-state index in [4.69, 9.17) is 16.0 Å². The molecular formula is C19H17ClN2O2S. The average Bonchev–Trinajstić information content (AvgIpc) is 3.05. The molecule has 6 heteroatoms. The van der Waals surface area contributed by atoms with E-state index < -0.39 is 0 Å². The topological polar surface area (TPSA) is 56.0 Å². The molecule has 0 unspecified atom stereocenters. The summed E-state index contributed by atoms with van der Waals surface area (Å²) in [7, 11) is 0. The molecule has 2 aromatic carbocycles. The summed E-state index contributed by atoms with van der Waals surface area (Å²) in [6, 6.07) is 12.9. The van der Waals surface area contributed by atoms with Crippen LogP contribution in [0.25, 0.3) is 11.5 Å². The van der Waals surface area contributed by atoms with Gasteiger partial charge in [-0.3, -0.25) is 4.79 Å². The molecule has 4 nitrogen and oxygen atoms in total. The Bertz CT molecular complexity index is 906. The van der Waals surface area contributed by atoms with Gasteiger partial charge >= 0.3 is 0 Å². The lowest BCUT2D eigenvalue weighted by Gasteiger charge is -2.09. The Balaban J connectivity index is 1.72. The maximum atomic E-state index is 12.6. The van der Waals surface area contributed by atoms with Crippen molar-refractivity contribution in [2.24, 2.45) is 0 Å². The summed E-state index contributed by atoms with van der Waals surface area (Å²) < 4.78 is 5.65. The van der Waals surface area contributed by atoms with Gasteiger partial charge < -0.3 is 4.42 Å². The molecule has 0 spiro atoms. The monoisotopic (exact) mass is 372 g/mol. The van der Waals surface area contributed by atoms with E-state index in [1.165, 1.54) is 17.3 Å². The van der Waals surface area contributed by atoms with E-state index >= 15 is 0 Å². The number of carbonyl (C=O) groups excluding carboxylic acids is 1. The van der Waals surface area contributed by atoms with Gasteiger partial charge in [0.05, 0.1) is 5.25 Å². The molecule has 1 atom stereocenters. The van der Waals surface area contributed by atoms with Crippen LogP contribution in [-0.4, -0.2) is 21.2 Å². The van der Waals surface area contributed by atoms with Crippen molar-refractivity contribution in [2.75, 3.05) is 0 Å². The third-order valence-electron chi connectivity index (χ3n) is 3.94. The molecule has 3 aromatic rings. The zero-order chi connectivity index (χ0) is 18.0. The van der Waals surface area contributed by atoms with Crippen LogP contribution >= 0.6 is 23.4 Å². The third kappa shape index (κ3) is 4.11. The number of hydrogen-bond acceptors (Lipinski definition) is 5. The second-order valence-electron chi connectivity index (χ2n) is 5.80. The predicted octanol–water partition coefficient (Wildman–Crippen LogP) is 5.37. The van der Waals surface area contributed by atoms with Crippen molar-refractivity contribution in [1.29, 1.82) is 0 Å². The highest BCUT2D eigenvalue weighted by molar-refractivity contribution is 8.00. The molecule has 0 aliphatic carbocycles.